The molecule has 118 valence electrons. The highest BCUT2D eigenvalue weighted by Gasteiger charge is 2.20. The second-order valence-corrected chi connectivity index (χ2v) is 5.33. The number of nitrogens with one attached hydrogen (secondary N) is 1. The van der Waals surface area contributed by atoms with Gasteiger partial charge in [-0.3, -0.25) is 9.69 Å². The van der Waals surface area contributed by atoms with E-state index in [0.717, 1.165) is 0 Å². The molecule has 5 heteroatoms. The van der Waals surface area contributed by atoms with Crippen molar-refractivity contribution in [3.8, 4) is 6.07 Å². The van der Waals surface area contributed by atoms with E-state index in [1.807, 2.05) is 6.07 Å². The van der Waals surface area contributed by atoms with Crippen LogP contribution in [0.15, 0.2) is 48.5 Å². The van der Waals surface area contributed by atoms with Crippen LogP contribution in [-0.4, -0.2) is 23.9 Å². The molecule has 2 rings (SSSR count). The quantitative estimate of drug-likeness (QED) is 0.923. The van der Waals surface area contributed by atoms with Crippen molar-refractivity contribution in [1.29, 1.82) is 5.26 Å². The fourth-order valence-corrected chi connectivity index (χ4v) is 2.16. The Hall–Kier alpha value is -2.71. The van der Waals surface area contributed by atoms with Gasteiger partial charge in [0.25, 0.3) is 0 Å². The van der Waals surface area contributed by atoms with Gasteiger partial charge in [0.2, 0.25) is 5.91 Å². The van der Waals surface area contributed by atoms with Crippen LogP contribution < -0.4 is 5.32 Å². The van der Waals surface area contributed by atoms with Crippen molar-refractivity contribution in [1.82, 2.24) is 4.90 Å². The van der Waals surface area contributed by atoms with Crippen LogP contribution in [0.4, 0.5) is 10.1 Å². The Labute approximate surface area is 135 Å². The molecule has 0 heterocycles. The lowest BCUT2D eigenvalue weighted by Crippen LogP contribution is -2.39. The number of hydrogen-bond donors (Lipinski definition) is 1. The summed E-state index contributed by atoms with van der Waals surface area (Å²) in [6.45, 7) is 2.06. The molecule has 4 nitrogen and oxygen atoms in total. The zero-order chi connectivity index (χ0) is 16.8. The summed E-state index contributed by atoms with van der Waals surface area (Å²) in [5.41, 5.74) is 1.42. The molecule has 0 aliphatic heterocycles. The van der Waals surface area contributed by atoms with Gasteiger partial charge in [0.05, 0.1) is 17.3 Å². The van der Waals surface area contributed by atoms with E-state index in [-0.39, 0.29) is 11.7 Å². The number of halogens is 1. The van der Waals surface area contributed by atoms with Gasteiger partial charge in [-0.25, -0.2) is 4.39 Å². The van der Waals surface area contributed by atoms with Gasteiger partial charge in [-0.1, -0.05) is 30.3 Å². The van der Waals surface area contributed by atoms with E-state index in [0.29, 0.717) is 23.4 Å². The average Bonchev–Trinajstić information content (AvgIpc) is 2.56. The number of rotatable bonds is 5. The summed E-state index contributed by atoms with van der Waals surface area (Å²) < 4.78 is 13.7. The Balaban J connectivity index is 2.04. The van der Waals surface area contributed by atoms with E-state index in [2.05, 4.69) is 5.32 Å². The van der Waals surface area contributed by atoms with Crippen LogP contribution in [0.3, 0.4) is 0 Å². The summed E-state index contributed by atoms with van der Waals surface area (Å²) >= 11 is 0. The maximum Gasteiger partial charge on any atom is 0.241 e. The second kappa shape index (κ2) is 7.52. The minimum absolute atomic E-state index is 0.244. The molecule has 0 aliphatic rings. The van der Waals surface area contributed by atoms with E-state index in [1.165, 1.54) is 6.07 Å². The number of nitriles is 1. The van der Waals surface area contributed by atoms with E-state index < -0.39 is 6.04 Å². The molecule has 0 aliphatic carbocycles. The molecule has 2 aromatic rings. The van der Waals surface area contributed by atoms with E-state index in [4.69, 9.17) is 5.26 Å². The van der Waals surface area contributed by atoms with Crippen LogP contribution in [0.2, 0.25) is 0 Å². The molecule has 1 N–H and O–H groups in total. The number of benzene rings is 2. The van der Waals surface area contributed by atoms with Crippen molar-refractivity contribution in [3.63, 3.8) is 0 Å². The van der Waals surface area contributed by atoms with E-state index in [1.54, 1.807) is 61.3 Å². The third kappa shape index (κ3) is 4.15. The monoisotopic (exact) mass is 311 g/mol. The number of anilines is 1. The fourth-order valence-electron chi connectivity index (χ4n) is 2.16. The zero-order valence-corrected chi connectivity index (χ0v) is 13.1. The van der Waals surface area contributed by atoms with Gasteiger partial charge in [0.15, 0.2) is 0 Å². The zero-order valence-electron chi connectivity index (χ0n) is 13.1. The van der Waals surface area contributed by atoms with Gasteiger partial charge in [-0.15, -0.1) is 0 Å². The molecule has 0 radical (unpaired) electrons. The molecule has 0 aromatic heterocycles. The number of likely N-dealkylation sites (N-methyl/N-ethyl adjacent to an activating group) is 1. The molecule has 0 spiro atoms. The van der Waals surface area contributed by atoms with Crippen molar-refractivity contribution < 1.29 is 9.18 Å². The van der Waals surface area contributed by atoms with Gasteiger partial charge < -0.3 is 5.32 Å². The van der Waals surface area contributed by atoms with Crippen LogP contribution in [0.5, 0.6) is 0 Å². The molecule has 0 fully saturated rings. The smallest absolute Gasteiger partial charge is 0.241 e. The number of carbonyl (C=O) groups is 1. The average molecular weight is 311 g/mol. The number of hydrogen-bond acceptors (Lipinski definition) is 3. The predicted octanol–water partition coefficient (Wildman–Crippen LogP) is 3.16. The Morgan fingerprint density at radius 1 is 1.26 bits per heavy atom. The van der Waals surface area contributed by atoms with Crippen molar-refractivity contribution in [3.05, 3.63) is 65.5 Å². The van der Waals surface area contributed by atoms with Gasteiger partial charge in [0.1, 0.15) is 11.9 Å². The SMILES string of the molecule is CC(C(=O)Nc1ccccc1C#N)N(C)Cc1ccccc1F. The van der Waals surface area contributed by atoms with E-state index >= 15 is 0 Å². The predicted molar refractivity (Wildman–Crippen MR) is 87.1 cm³/mol. The van der Waals surface area contributed by atoms with Gasteiger partial charge in [-0.2, -0.15) is 5.26 Å². The number of nitrogens with zero attached hydrogens (tertiary/aromatic N) is 2. The third-order valence-electron chi connectivity index (χ3n) is 3.72. The summed E-state index contributed by atoms with van der Waals surface area (Å²) in [6, 6.07) is 14.9. The summed E-state index contributed by atoms with van der Waals surface area (Å²) in [5, 5.41) is 11.8. The lowest BCUT2D eigenvalue weighted by atomic mass is 10.1. The Bertz CT molecular complexity index is 739. The molecule has 0 bridgehead atoms. The summed E-state index contributed by atoms with van der Waals surface area (Å²) in [7, 11) is 1.76. The summed E-state index contributed by atoms with van der Waals surface area (Å²) in [4.78, 5) is 14.1. The highest BCUT2D eigenvalue weighted by Crippen LogP contribution is 2.15. The molecule has 2 aromatic carbocycles. The first-order chi connectivity index (χ1) is 11.0. The van der Waals surface area contributed by atoms with Gasteiger partial charge in [0, 0.05) is 12.1 Å². The molecule has 0 saturated heterocycles. The molecular formula is C18H18FN3O. The Morgan fingerprint density at radius 2 is 1.91 bits per heavy atom. The number of carbonyl (C=O) groups excluding carboxylic acids is 1. The third-order valence-corrected chi connectivity index (χ3v) is 3.72. The van der Waals surface area contributed by atoms with E-state index in [9.17, 15) is 9.18 Å². The standard InChI is InChI=1S/C18H18FN3O/c1-13(22(2)12-15-8-3-5-9-16(15)19)18(23)21-17-10-6-4-7-14(17)11-20/h3-10,13H,12H2,1-2H3,(H,21,23). The maximum absolute atomic E-state index is 13.7. The van der Waals surface area contributed by atoms with Crippen molar-refractivity contribution in [2.45, 2.75) is 19.5 Å². The molecule has 1 unspecified atom stereocenters. The molecular weight excluding hydrogens is 293 g/mol. The molecule has 23 heavy (non-hydrogen) atoms. The minimum Gasteiger partial charge on any atom is -0.324 e. The highest BCUT2D eigenvalue weighted by atomic mass is 19.1. The van der Waals surface area contributed by atoms with Crippen LogP contribution >= 0.6 is 0 Å². The Kier molecular flexibility index (Phi) is 5.45. The second-order valence-electron chi connectivity index (χ2n) is 5.33. The van der Waals surface area contributed by atoms with Gasteiger partial charge in [-0.05, 0) is 32.2 Å². The Morgan fingerprint density at radius 3 is 2.61 bits per heavy atom. The summed E-state index contributed by atoms with van der Waals surface area (Å²) in [6.07, 6.45) is 0. The van der Waals surface area contributed by atoms with Crippen LogP contribution in [0.25, 0.3) is 0 Å². The topological polar surface area (TPSA) is 56.1 Å². The molecule has 1 amide bonds. The number of amides is 1. The van der Waals surface area contributed by atoms with Crippen molar-refractivity contribution in [2.24, 2.45) is 0 Å². The first-order valence-corrected chi connectivity index (χ1v) is 7.26. The highest BCUT2D eigenvalue weighted by molar-refractivity contribution is 5.95. The lowest BCUT2D eigenvalue weighted by molar-refractivity contribution is -0.120. The molecule has 0 saturated carbocycles. The molecule has 1 atom stereocenters. The van der Waals surface area contributed by atoms with Crippen LogP contribution in [0, 0.1) is 17.1 Å². The van der Waals surface area contributed by atoms with Crippen LogP contribution in [0.1, 0.15) is 18.1 Å². The first-order valence-electron chi connectivity index (χ1n) is 7.26. The largest absolute Gasteiger partial charge is 0.324 e. The summed E-state index contributed by atoms with van der Waals surface area (Å²) in [5.74, 6) is -0.534. The van der Waals surface area contributed by atoms with Crippen molar-refractivity contribution in [2.75, 3.05) is 12.4 Å². The fraction of sp³-hybridized carbons (Fsp3) is 0.222. The lowest BCUT2D eigenvalue weighted by Gasteiger charge is -2.24. The van der Waals surface area contributed by atoms with Crippen LogP contribution in [-0.2, 0) is 11.3 Å². The van der Waals surface area contributed by atoms with Crippen molar-refractivity contribution >= 4 is 11.6 Å². The maximum atomic E-state index is 13.7. The minimum atomic E-state index is -0.471. The number of para-hydroxylation sites is 1. The first kappa shape index (κ1) is 16.7. The van der Waals surface area contributed by atoms with Gasteiger partial charge >= 0.3 is 0 Å². The normalized spacial score (nSPS) is 11.8.